The maximum Gasteiger partial charge on any atom is 0.378 e. The van der Waals surface area contributed by atoms with Gasteiger partial charge in [0.1, 0.15) is 0 Å². The van der Waals surface area contributed by atoms with Gasteiger partial charge in [0.15, 0.2) is 0 Å². The van der Waals surface area contributed by atoms with Gasteiger partial charge < -0.3 is 9.31 Å². The van der Waals surface area contributed by atoms with Crippen LogP contribution < -0.4 is 0 Å². The molecule has 0 heterocycles. The molecule has 1 aromatic carbocycles. The molecule has 0 aliphatic heterocycles. The van der Waals surface area contributed by atoms with Crippen molar-refractivity contribution < 1.29 is 18.9 Å². The van der Waals surface area contributed by atoms with Crippen molar-refractivity contribution in [3.63, 3.8) is 0 Å². The topological polar surface area (TPSA) is 52.6 Å². The molecule has 1 rings (SSSR count). The Hall–Kier alpha value is -1.71. The number of carbonyl (C=O) groups is 2. The minimum absolute atomic E-state index is 0.237. The van der Waals surface area contributed by atoms with Gasteiger partial charge in [-0.2, -0.15) is 0 Å². The summed E-state index contributed by atoms with van der Waals surface area (Å²) in [6.07, 6.45) is 0. The van der Waals surface area contributed by atoms with Crippen molar-refractivity contribution in [2.75, 3.05) is 0 Å². The molecule has 0 amide bonds. The number of carbonyl (C=O) groups excluding carboxylic acids is 2. The minimum Gasteiger partial charge on any atom is -0.540 e. The molecule has 0 spiro atoms. The summed E-state index contributed by atoms with van der Waals surface area (Å²) in [6.45, 7) is 0. The Morgan fingerprint density at radius 3 is 1.36 bits per heavy atom. The smallest absolute Gasteiger partial charge is 0.378 e. The van der Waals surface area contributed by atoms with Gasteiger partial charge in [0.25, 0.3) is 0 Å². The zero-order valence-electron chi connectivity index (χ0n) is 7.10. The third-order valence-corrected chi connectivity index (χ3v) is 1.57. The molecular weight excluding hydrogens is 182 g/mol. The Balaban J connectivity index is 2.89. The summed E-state index contributed by atoms with van der Waals surface area (Å²) < 4.78 is 7.97. The van der Waals surface area contributed by atoms with E-state index in [9.17, 15) is 9.59 Å². The van der Waals surface area contributed by atoms with Gasteiger partial charge in [-0.25, -0.2) is 9.59 Å². The predicted molar refractivity (Wildman–Crippen MR) is 48.8 cm³/mol. The molecule has 66 valence electrons. The maximum absolute atomic E-state index is 10.9. The van der Waals surface area contributed by atoms with Gasteiger partial charge in [-0.1, -0.05) is 0 Å². The number of hydrogen-bond acceptors (Lipinski definition) is 4. The Morgan fingerprint density at radius 1 is 0.857 bits per heavy atom. The highest BCUT2D eigenvalue weighted by molar-refractivity contribution is 6.10. The van der Waals surface area contributed by atoms with Crippen LogP contribution in [0.5, 0.6) is 0 Å². The van der Waals surface area contributed by atoms with Gasteiger partial charge in [0, 0.05) is 0 Å². The summed E-state index contributed by atoms with van der Waals surface area (Å²) in [6, 6.07) is 5.51. The van der Waals surface area contributed by atoms with E-state index in [1.165, 1.54) is 24.3 Å². The summed E-state index contributed by atoms with van der Waals surface area (Å²) in [5, 5.41) is 0. The van der Waals surface area contributed by atoms with Crippen LogP contribution in [0.15, 0.2) is 24.3 Å². The fraction of sp³-hybridized carbons (Fsp3) is 0. The van der Waals surface area contributed by atoms with Gasteiger partial charge in [-0.05, 0) is 24.3 Å². The molecule has 0 saturated carbocycles. The van der Waals surface area contributed by atoms with E-state index in [0.29, 0.717) is 0 Å². The molecule has 0 fully saturated rings. The first-order valence-electron chi connectivity index (χ1n) is 3.61. The molecule has 14 heavy (non-hydrogen) atoms. The first kappa shape index (κ1) is 10.4. The predicted octanol–water partition coefficient (Wildman–Crippen LogP) is 0.167. The summed E-state index contributed by atoms with van der Waals surface area (Å²) >= 11 is 0. The monoisotopic (exact) mass is 186 g/mol. The van der Waals surface area contributed by atoms with Crippen LogP contribution in [0, 0.1) is 0 Å². The molecular formula is C8H4B2O4. The van der Waals surface area contributed by atoms with Gasteiger partial charge in [0.05, 0.1) is 11.1 Å². The van der Waals surface area contributed by atoms with Crippen LogP contribution in [0.1, 0.15) is 20.7 Å². The second kappa shape index (κ2) is 4.50. The third kappa shape index (κ3) is 2.16. The van der Waals surface area contributed by atoms with Crippen molar-refractivity contribution in [2.45, 2.75) is 0 Å². The SMILES string of the molecule is [B]OC(=O)c1ccc(C(=O)O[B])cc1. The Labute approximate surface area is 83.1 Å². The van der Waals surface area contributed by atoms with E-state index in [4.69, 9.17) is 0 Å². The highest BCUT2D eigenvalue weighted by atomic mass is 16.5. The summed E-state index contributed by atoms with van der Waals surface area (Å²) in [7, 11) is 9.33. The van der Waals surface area contributed by atoms with E-state index in [-0.39, 0.29) is 11.1 Å². The Kier molecular flexibility index (Phi) is 3.34. The molecule has 0 aliphatic carbocycles. The second-order valence-electron chi connectivity index (χ2n) is 2.39. The van der Waals surface area contributed by atoms with E-state index < -0.39 is 11.9 Å². The van der Waals surface area contributed by atoms with Crippen molar-refractivity contribution in [3.05, 3.63) is 35.4 Å². The lowest BCUT2D eigenvalue weighted by atomic mass is 10.1. The van der Waals surface area contributed by atoms with Crippen LogP contribution in [-0.2, 0) is 9.31 Å². The Morgan fingerprint density at radius 2 is 1.14 bits per heavy atom. The first-order chi connectivity index (χ1) is 6.69. The van der Waals surface area contributed by atoms with E-state index in [0.717, 1.165) is 0 Å². The fourth-order valence-electron chi connectivity index (χ4n) is 0.878. The van der Waals surface area contributed by atoms with Gasteiger partial charge in [0.2, 0.25) is 0 Å². The lowest BCUT2D eigenvalue weighted by Gasteiger charge is -2.01. The standard InChI is InChI=1S/C8H4B2O4/c9-13-7(11)5-1-2-6(4-3-5)8(12)14-10/h1-4H. The lowest BCUT2D eigenvalue weighted by Crippen LogP contribution is -2.05. The highest BCUT2D eigenvalue weighted by Crippen LogP contribution is 2.06. The molecule has 0 aromatic heterocycles. The molecule has 4 nitrogen and oxygen atoms in total. The largest absolute Gasteiger partial charge is 0.540 e. The van der Waals surface area contributed by atoms with E-state index in [2.05, 4.69) is 25.4 Å². The van der Waals surface area contributed by atoms with Crippen molar-refractivity contribution in [1.29, 1.82) is 0 Å². The lowest BCUT2D eigenvalue weighted by molar-refractivity contribution is 0.0735. The average Bonchev–Trinajstić information content (AvgIpc) is 2.27. The summed E-state index contributed by atoms with van der Waals surface area (Å²) in [5.41, 5.74) is 0.474. The van der Waals surface area contributed by atoms with Crippen molar-refractivity contribution in [3.8, 4) is 0 Å². The minimum atomic E-state index is -0.683. The van der Waals surface area contributed by atoms with Gasteiger partial charge in [-0.15, -0.1) is 0 Å². The highest BCUT2D eigenvalue weighted by Gasteiger charge is 2.07. The molecule has 0 aliphatic rings. The van der Waals surface area contributed by atoms with Crippen LogP contribution in [0.2, 0.25) is 0 Å². The van der Waals surface area contributed by atoms with Crippen LogP contribution in [-0.4, -0.2) is 28.0 Å². The zero-order chi connectivity index (χ0) is 10.6. The van der Waals surface area contributed by atoms with E-state index >= 15 is 0 Å². The normalized spacial score (nSPS) is 9.14. The Bertz CT molecular complexity index is 312. The molecule has 0 bridgehead atoms. The quantitative estimate of drug-likeness (QED) is 0.617. The van der Waals surface area contributed by atoms with Crippen molar-refractivity contribution >= 4 is 28.0 Å². The molecule has 0 atom stereocenters. The molecule has 0 unspecified atom stereocenters. The average molecular weight is 186 g/mol. The zero-order valence-corrected chi connectivity index (χ0v) is 7.10. The summed E-state index contributed by atoms with van der Waals surface area (Å²) in [5.74, 6) is -1.37. The first-order valence-corrected chi connectivity index (χ1v) is 3.61. The molecule has 0 saturated heterocycles. The number of benzene rings is 1. The van der Waals surface area contributed by atoms with Crippen LogP contribution in [0.3, 0.4) is 0 Å². The fourth-order valence-corrected chi connectivity index (χ4v) is 0.878. The second-order valence-corrected chi connectivity index (χ2v) is 2.39. The number of rotatable bonds is 2. The summed E-state index contributed by atoms with van der Waals surface area (Å²) in [4.78, 5) is 21.8. The van der Waals surface area contributed by atoms with Crippen LogP contribution in [0.25, 0.3) is 0 Å². The number of hydrogen-bond donors (Lipinski definition) is 0. The molecule has 1 aromatic rings. The van der Waals surface area contributed by atoms with Crippen LogP contribution >= 0.6 is 0 Å². The van der Waals surface area contributed by atoms with Crippen molar-refractivity contribution in [2.24, 2.45) is 0 Å². The van der Waals surface area contributed by atoms with Crippen LogP contribution in [0.4, 0.5) is 0 Å². The van der Waals surface area contributed by atoms with Gasteiger partial charge in [-0.3, -0.25) is 0 Å². The molecule has 4 radical (unpaired) electrons. The molecule has 0 N–H and O–H groups in total. The van der Waals surface area contributed by atoms with E-state index in [1.54, 1.807) is 0 Å². The third-order valence-electron chi connectivity index (χ3n) is 1.57. The maximum atomic E-state index is 10.9. The van der Waals surface area contributed by atoms with Crippen molar-refractivity contribution in [1.82, 2.24) is 0 Å². The van der Waals surface area contributed by atoms with E-state index in [1.807, 2.05) is 0 Å². The molecule has 6 heteroatoms. The van der Waals surface area contributed by atoms with Gasteiger partial charge >= 0.3 is 28.0 Å².